The number of hydrogen-bond donors (Lipinski definition) is 2. The van der Waals surface area contributed by atoms with Crippen molar-refractivity contribution < 1.29 is 24.1 Å². The van der Waals surface area contributed by atoms with Crippen LogP contribution in [-0.2, 0) is 0 Å². The number of ketones is 1. The molecule has 0 fully saturated rings. The predicted octanol–water partition coefficient (Wildman–Crippen LogP) is 3.09. The molecule has 2 N–H and O–H groups in total. The van der Waals surface area contributed by atoms with Crippen molar-refractivity contribution in [3.8, 4) is 17.2 Å². The molecular weight excluding hydrogens is 358 g/mol. The average Bonchev–Trinajstić information content (AvgIpc) is 2.56. The molecule has 1 rings (SSSR count). The van der Waals surface area contributed by atoms with Crippen LogP contribution in [0.4, 0.5) is 0 Å². The zero-order chi connectivity index (χ0) is 19.0. The summed E-state index contributed by atoms with van der Waals surface area (Å²) in [6.07, 6.45) is -0.302. The van der Waals surface area contributed by atoms with Crippen LogP contribution in [0.15, 0.2) is 12.1 Å². The SMILES string of the molecule is COc1cc(OC)c(C(=O)CC(C)C)c(OCC(O)CNC(C)C)c1.Cl. The van der Waals surface area contributed by atoms with Crippen LogP contribution in [0.5, 0.6) is 17.2 Å². The fourth-order valence-electron chi connectivity index (χ4n) is 2.32. The molecule has 150 valence electrons. The van der Waals surface area contributed by atoms with E-state index in [9.17, 15) is 9.90 Å². The van der Waals surface area contributed by atoms with E-state index < -0.39 is 6.10 Å². The molecular formula is C19H32ClNO5. The summed E-state index contributed by atoms with van der Waals surface area (Å²) in [5.41, 5.74) is 0.390. The number of benzene rings is 1. The molecule has 0 aliphatic rings. The molecule has 0 radical (unpaired) electrons. The molecule has 0 saturated carbocycles. The minimum atomic E-state index is -0.687. The van der Waals surface area contributed by atoms with Crippen LogP contribution in [0.25, 0.3) is 0 Å². The first-order valence-corrected chi connectivity index (χ1v) is 8.61. The van der Waals surface area contributed by atoms with Crippen LogP contribution in [0.2, 0.25) is 0 Å². The maximum absolute atomic E-state index is 12.6. The summed E-state index contributed by atoms with van der Waals surface area (Å²) < 4.78 is 16.4. The number of Topliss-reactive ketones (excluding diaryl/α,β-unsaturated/α-hetero) is 1. The maximum Gasteiger partial charge on any atom is 0.170 e. The molecule has 1 unspecified atom stereocenters. The van der Waals surface area contributed by atoms with Crippen LogP contribution in [0, 0.1) is 5.92 Å². The number of carbonyl (C=O) groups excluding carboxylic acids is 1. The van der Waals surface area contributed by atoms with E-state index in [1.165, 1.54) is 14.2 Å². The number of aliphatic hydroxyl groups excluding tert-OH is 1. The number of carbonyl (C=O) groups is 1. The summed E-state index contributed by atoms with van der Waals surface area (Å²) >= 11 is 0. The lowest BCUT2D eigenvalue weighted by Gasteiger charge is -2.19. The van der Waals surface area contributed by atoms with Gasteiger partial charge in [-0.3, -0.25) is 4.79 Å². The van der Waals surface area contributed by atoms with Gasteiger partial charge in [-0.25, -0.2) is 0 Å². The van der Waals surface area contributed by atoms with E-state index in [0.29, 0.717) is 35.8 Å². The zero-order valence-electron chi connectivity index (χ0n) is 16.5. The Morgan fingerprint density at radius 3 is 2.23 bits per heavy atom. The second-order valence-electron chi connectivity index (χ2n) is 6.75. The van der Waals surface area contributed by atoms with Crippen molar-refractivity contribution in [1.82, 2.24) is 5.32 Å². The molecule has 26 heavy (non-hydrogen) atoms. The first kappa shape index (κ1) is 24.5. The number of halogens is 1. The highest BCUT2D eigenvalue weighted by atomic mass is 35.5. The average molecular weight is 390 g/mol. The van der Waals surface area contributed by atoms with Gasteiger partial charge in [0.25, 0.3) is 0 Å². The molecule has 0 heterocycles. The van der Waals surface area contributed by atoms with Crippen LogP contribution < -0.4 is 19.5 Å². The Morgan fingerprint density at radius 1 is 1.12 bits per heavy atom. The van der Waals surface area contributed by atoms with Crippen molar-refractivity contribution in [2.75, 3.05) is 27.4 Å². The first-order valence-electron chi connectivity index (χ1n) is 8.61. The molecule has 1 atom stereocenters. The Kier molecular flexibility index (Phi) is 11.3. The fraction of sp³-hybridized carbons (Fsp3) is 0.632. The molecule has 0 amide bonds. The molecule has 0 aromatic heterocycles. The van der Waals surface area contributed by atoms with Crippen molar-refractivity contribution in [2.24, 2.45) is 5.92 Å². The number of aliphatic hydroxyl groups is 1. The van der Waals surface area contributed by atoms with Gasteiger partial charge in [-0.05, 0) is 5.92 Å². The maximum atomic E-state index is 12.6. The van der Waals surface area contributed by atoms with Crippen LogP contribution in [0.3, 0.4) is 0 Å². The Bertz CT molecular complexity index is 563. The number of hydrogen-bond acceptors (Lipinski definition) is 6. The van der Waals surface area contributed by atoms with Gasteiger partial charge in [-0.15, -0.1) is 12.4 Å². The predicted molar refractivity (Wildman–Crippen MR) is 105 cm³/mol. The van der Waals surface area contributed by atoms with Crippen LogP contribution in [-0.4, -0.2) is 50.4 Å². The summed E-state index contributed by atoms with van der Waals surface area (Å²) in [5.74, 6) is 1.47. The molecule has 0 bridgehead atoms. The summed E-state index contributed by atoms with van der Waals surface area (Å²) in [4.78, 5) is 12.6. The third kappa shape index (κ3) is 7.81. The van der Waals surface area contributed by atoms with Crippen molar-refractivity contribution >= 4 is 18.2 Å². The highest BCUT2D eigenvalue weighted by molar-refractivity contribution is 6.01. The van der Waals surface area contributed by atoms with E-state index in [1.807, 2.05) is 27.7 Å². The third-order valence-corrected chi connectivity index (χ3v) is 3.56. The fourth-order valence-corrected chi connectivity index (χ4v) is 2.32. The number of ether oxygens (including phenoxy) is 3. The number of nitrogens with one attached hydrogen (secondary N) is 1. The largest absolute Gasteiger partial charge is 0.496 e. The van der Waals surface area contributed by atoms with Gasteiger partial charge in [0.05, 0.1) is 14.2 Å². The standard InChI is InChI=1S/C19H31NO5.ClH/c1-12(2)7-16(22)19-17(24-6)8-15(23-5)9-18(19)25-11-14(21)10-20-13(3)4;/h8-9,12-14,20-21H,7,10-11H2,1-6H3;1H. The van der Waals surface area contributed by atoms with Crippen molar-refractivity contribution in [3.63, 3.8) is 0 Å². The van der Waals surface area contributed by atoms with Gasteiger partial charge < -0.3 is 24.6 Å². The lowest BCUT2D eigenvalue weighted by Crippen LogP contribution is -2.35. The smallest absolute Gasteiger partial charge is 0.170 e. The molecule has 0 aliphatic carbocycles. The second kappa shape index (κ2) is 12.0. The number of rotatable bonds is 11. The third-order valence-electron chi connectivity index (χ3n) is 3.56. The Hall–Kier alpha value is -1.50. The van der Waals surface area contributed by atoms with Gasteiger partial charge in [0.15, 0.2) is 5.78 Å². The highest BCUT2D eigenvalue weighted by Crippen LogP contribution is 2.35. The van der Waals surface area contributed by atoms with E-state index in [1.54, 1.807) is 12.1 Å². The lowest BCUT2D eigenvalue weighted by molar-refractivity contribution is 0.0929. The van der Waals surface area contributed by atoms with E-state index in [2.05, 4.69) is 5.32 Å². The van der Waals surface area contributed by atoms with Gasteiger partial charge in [0.2, 0.25) is 0 Å². The summed E-state index contributed by atoms with van der Waals surface area (Å²) in [6, 6.07) is 3.59. The normalized spacial score (nSPS) is 11.9. The lowest BCUT2D eigenvalue weighted by atomic mass is 9.99. The Labute approximate surface area is 162 Å². The summed E-state index contributed by atoms with van der Waals surface area (Å²) in [6.45, 7) is 8.45. The second-order valence-corrected chi connectivity index (χ2v) is 6.75. The first-order chi connectivity index (χ1) is 11.8. The van der Waals surface area contributed by atoms with Gasteiger partial charge in [0, 0.05) is 31.1 Å². The van der Waals surface area contributed by atoms with E-state index >= 15 is 0 Å². The van der Waals surface area contributed by atoms with E-state index in [4.69, 9.17) is 14.2 Å². The molecule has 1 aromatic carbocycles. The molecule has 6 nitrogen and oxygen atoms in total. The van der Waals surface area contributed by atoms with Crippen LogP contribution >= 0.6 is 12.4 Å². The molecule has 0 aliphatic heterocycles. The highest BCUT2D eigenvalue weighted by Gasteiger charge is 2.22. The van der Waals surface area contributed by atoms with E-state index in [0.717, 1.165) is 0 Å². The molecule has 0 saturated heterocycles. The molecule has 7 heteroatoms. The van der Waals surface area contributed by atoms with Gasteiger partial charge in [-0.1, -0.05) is 27.7 Å². The summed E-state index contributed by atoms with van der Waals surface area (Å²) in [7, 11) is 3.04. The molecule has 1 aromatic rings. The van der Waals surface area contributed by atoms with E-state index in [-0.39, 0.29) is 36.8 Å². The summed E-state index contributed by atoms with van der Waals surface area (Å²) in [5, 5.41) is 13.2. The minimum absolute atomic E-state index is 0. The van der Waals surface area contributed by atoms with Gasteiger partial charge in [0.1, 0.15) is 35.5 Å². The number of methoxy groups -OCH3 is 2. The van der Waals surface area contributed by atoms with Crippen molar-refractivity contribution in [2.45, 2.75) is 46.3 Å². The monoisotopic (exact) mass is 389 g/mol. The van der Waals surface area contributed by atoms with Crippen LogP contribution in [0.1, 0.15) is 44.5 Å². The van der Waals surface area contributed by atoms with Crippen molar-refractivity contribution in [3.05, 3.63) is 17.7 Å². The topological polar surface area (TPSA) is 77.0 Å². The molecule has 0 spiro atoms. The van der Waals surface area contributed by atoms with Crippen molar-refractivity contribution in [1.29, 1.82) is 0 Å². The Morgan fingerprint density at radius 2 is 1.73 bits per heavy atom. The van der Waals surface area contributed by atoms with Gasteiger partial charge >= 0.3 is 0 Å². The quantitative estimate of drug-likeness (QED) is 0.566. The Balaban J connectivity index is 0.00000625. The minimum Gasteiger partial charge on any atom is -0.496 e. The van der Waals surface area contributed by atoms with Gasteiger partial charge in [-0.2, -0.15) is 0 Å². The zero-order valence-corrected chi connectivity index (χ0v) is 17.3.